The van der Waals surface area contributed by atoms with Gasteiger partial charge in [0.25, 0.3) is 0 Å². The molecule has 0 spiro atoms. The quantitative estimate of drug-likeness (QED) is 0.427. The van der Waals surface area contributed by atoms with Gasteiger partial charge >= 0.3 is 5.69 Å². The van der Waals surface area contributed by atoms with Crippen molar-refractivity contribution in [3.05, 3.63) is 58.8 Å². The van der Waals surface area contributed by atoms with Crippen molar-refractivity contribution in [1.29, 1.82) is 5.41 Å². The lowest BCUT2D eigenvalue weighted by molar-refractivity contribution is 0.683. The first-order valence-electron chi connectivity index (χ1n) is 8.06. The molecule has 25 heavy (non-hydrogen) atoms. The van der Waals surface area contributed by atoms with Gasteiger partial charge in [0.2, 0.25) is 0 Å². The van der Waals surface area contributed by atoms with Crippen LogP contribution in [-0.4, -0.2) is 32.3 Å². The van der Waals surface area contributed by atoms with E-state index in [1.54, 1.807) is 17.7 Å². The van der Waals surface area contributed by atoms with Gasteiger partial charge in [-0.15, -0.1) is 0 Å². The highest BCUT2D eigenvalue weighted by Gasteiger charge is 2.16. The van der Waals surface area contributed by atoms with Gasteiger partial charge in [0.15, 0.2) is 5.84 Å². The number of anilines is 1. The second-order valence-electron chi connectivity index (χ2n) is 5.65. The van der Waals surface area contributed by atoms with E-state index in [0.29, 0.717) is 23.3 Å². The number of fused-ring (bicyclic) bond motifs is 1. The van der Waals surface area contributed by atoms with Crippen LogP contribution in [0.15, 0.2) is 47.4 Å². The smallest absolute Gasteiger partial charge is 0.326 e. The van der Waals surface area contributed by atoms with Gasteiger partial charge in [0.05, 0.1) is 5.52 Å². The SMILES string of the molecule is C=CN(C)C(=N)c1cc2c([nH]c(=O)n2C/C(=C/C=C\C)CC)c(N)n1. The van der Waals surface area contributed by atoms with Gasteiger partial charge < -0.3 is 15.6 Å². The lowest BCUT2D eigenvalue weighted by Crippen LogP contribution is -2.22. The Morgan fingerprint density at radius 2 is 2.28 bits per heavy atom. The Balaban J connectivity index is 2.59. The van der Waals surface area contributed by atoms with Crippen molar-refractivity contribution in [3.63, 3.8) is 0 Å². The van der Waals surface area contributed by atoms with Crippen molar-refractivity contribution in [3.8, 4) is 0 Å². The van der Waals surface area contributed by atoms with Crippen LogP contribution in [-0.2, 0) is 6.54 Å². The molecule has 132 valence electrons. The Labute approximate surface area is 146 Å². The predicted molar refractivity (Wildman–Crippen MR) is 103 cm³/mol. The van der Waals surface area contributed by atoms with E-state index < -0.39 is 0 Å². The van der Waals surface area contributed by atoms with E-state index in [0.717, 1.165) is 12.0 Å². The molecule has 0 bridgehead atoms. The van der Waals surface area contributed by atoms with Gasteiger partial charge in [-0.2, -0.15) is 0 Å². The average Bonchev–Trinajstić information content (AvgIpc) is 2.93. The molecule has 2 rings (SSSR count). The molecule has 0 atom stereocenters. The summed E-state index contributed by atoms with van der Waals surface area (Å²) in [5.41, 5.74) is 8.37. The number of H-pyrrole nitrogens is 1. The number of nitrogens with zero attached hydrogens (tertiary/aromatic N) is 3. The number of nitrogens with two attached hydrogens (primary N) is 1. The standard InChI is InChI=1S/C18H24N6O/c1-5-8-9-12(6-2)11-24-14-10-13(17(20)23(4)7-3)21-16(19)15(14)22-18(24)25/h5,7-10,20H,3,6,11H2,1-2,4H3,(H2,19,21)(H,22,25)/b8-5-,12-9+,20-17?. The molecule has 0 aliphatic carbocycles. The Morgan fingerprint density at radius 1 is 1.56 bits per heavy atom. The summed E-state index contributed by atoms with van der Waals surface area (Å²) < 4.78 is 1.62. The molecule has 0 saturated heterocycles. The van der Waals surface area contributed by atoms with E-state index in [-0.39, 0.29) is 17.3 Å². The number of hydrogen-bond acceptors (Lipinski definition) is 4. The summed E-state index contributed by atoms with van der Waals surface area (Å²) in [6, 6.07) is 1.70. The molecule has 0 aromatic carbocycles. The van der Waals surface area contributed by atoms with Crippen LogP contribution in [0.3, 0.4) is 0 Å². The van der Waals surface area contributed by atoms with Crippen molar-refractivity contribution in [2.24, 2.45) is 0 Å². The van der Waals surface area contributed by atoms with Crippen LogP contribution < -0.4 is 11.4 Å². The number of nitrogens with one attached hydrogen (secondary N) is 2. The lowest BCUT2D eigenvalue weighted by Gasteiger charge is -2.14. The van der Waals surface area contributed by atoms with Crippen LogP contribution in [0.2, 0.25) is 0 Å². The molecule has 0 amide bonds. The fourth-order valence-corrected chi connectivity index (χ4v) is 2.44. The summed E-state index contributed by atoms with van der Waals surface area (Å²) in [6.07, 6.45) is 8.24. The molecule has 0 saturated carbocycles. The van der Waals surface area contributed by atoms with Crippen LogP contribution >= 0.6 is 0 Å². The Morgan fingerprint density at radius 3 is 2.88 bits per heavy atom. The molecule has 0 aliphatic heterocycles. The third-order valence-corrected chi connectivity index (χ3v) is 4.00. The number of aromatic nitrogens is 3. The molecular weight excluding hydrogens is 316 g/mol. The molecule has 4 N–H and O–H groups in total. The maximum Gasteiger partial charge on any atom is 0.326 e. The van der Waals surface area contributed by atoms with Crippen molar-refractivity contribution in [2.75, 3.05) is 12.8 Å². The molecule has 0 aliphatic rings. The average molecular weight is 340 g/mol. The van der Waals surface area contributed by atoms with Crippen molar-refractivity contribution in [1.82, 2.24) is 19.4 Å². The minimum Gasteiger partial charge on any atom is -0.382 e. The number of rotatable bonds is 6. The van der Waals surface area contributed by atoms with E-state index in [4.69, 9.17) is 11.1 Å². The summed E-state index contributed by atoms with van der Waals surface area (Å²) in [7, 11) is 1.70. The van der Waals surface area contributed by atoms with E-state index in [2.05, 4.69) is 16.5 Å². The molecule has 2 aromatic rings. The second-order valence-corrected chi connectivity index (χ2v) is 5.65. The van der Waals surface area contributed by atoms with Crippen molar-refractivity contribution in [2.45, 2.75) is 26.8 Å². The van der Waals surface area contributed by atoms with Gasteiger partial charge in [-0.25, -0.2) is 9.78 Å². The number of pyridine rings is 1. The van der Waals surface area contributed by atoms with Crippen LogP contribution in [0.1, 0.15) is 26.0 Å². The predicted octanol–water partition coefficient (Wildman–Crippen LogP) is 2.62. The largest absolute Gasteiger partial charge is 0.382 e. The number of allylic oxidation sites excluding steroid dienone is 4. The van der Waals surface area contributed by atoms with Crippen molar-refractivity contribution < 1.29 is 0 Å². The molecule has 0 fully saturated rings. The van der Waals surface area contributed by atoms with E-state index >= 15 is 0 Å². The minimum absolute atomic E-state index is 0.156. The Kier molecular flexibility index (Phi) is 5.59. The summed E-state index contributed by atoms with van der Waals surface area (Å²) in [4.78, 5) is 20.9. The number of aromatic amines is 1. The lowest BCUT2D eigenvalue weighted by atomic mass is 10.2. The minimum atomic E-state index is -0.246. The van der Waals surface area contributed by atoms with Crippen LogP contribution in [0, 0.1) is 5.41 Å². The van der Waals surface area contributed by atoms with Gasteiger partial charge in [-0.05, 0) is 25.6 Å². The topological polar surface area (TPSA) is 104 Å². The molecule has 7 nitrogen and oxygen atoms in total. The molecule has 7 heteroatoms. The molecule has 2 aromatic heterocycles. The summed E-state index contributed by atoms with van der Waals surface area (Å²) in [6.45, 7) is 8.09. The second kappa shape index (κ2) is 7.65. The first-order chi connectivity index (χ1) is 11.9. The number of amidine groups is 1. The zero-order chi connectivity index (χ0) is 18.6. The van der Waals surface area contributed by atoms with Gasteiger partial charge in [-0.1, -0.05) is 37.3 Å². The number of nitrogen functional groups attached to an aromatic ring is 1. The molecule has 0 unspecified atom stereocenters. The first-order valence-corrected chi connectivity index (χ1v) is 8.06. The summed E-state index contributed by atoms with van der Waals surface area (Å²) >= 11 is 0. The van der Waals surface area contributed by atoms with E-state index in [9.17, 15) is 4.79 Å². The maximum absolute atomic E-state index is 12.4. The highest BCUT2D eigenvalue weighted by molar-refractivity contribution is 5.99. The normalized spacial score (nSPS) is 12.0. The molecule has 2 heterocycles. The maximum atomic E-state index is 12.4. The third kappa shape index (κ3) is 3.71. The van der Waals surface area contributed by atoms with E-state index in [1.165, 1.54) is 11.1 Å². The summed E-state index contributed by atoms with van der Waals surface area (Å²) in [5, 5.41) is 8.17. The zero-order valence-corrected chi connectivity index (χ0v) is 14.8. The van der Waals surface area contributed by atoms with Gasteiger partial charge in [0, 0.05) is 13.6 Å². The zero-order valence-electron chi connectivity index (χ0n) is 14.8. The third-order valence-electron chi connectivity index (χ3n) is 4.00. The summed E-state index contributed by atoms with van der Waals surface area (Å²) in [5.74, 6) is 0.352. The van der Waals surface area contributed by atoms with Crippen LogP contribution in [0.4, 0.5) is 5.82 Å². The fourth-order valence-electron chi connectivity index (χ4n) is 2.44. The number of hydrogen-bond donors (Lipinski definition) is 3. The first kappa shape index (κ1) is 18.3. The van der Waals surface area contributed by atoms with E-state index in [1.807, 2.05) is 32.1 Å². The fraction of sp³-hybridized carbons (Fsp3) is 0.278. The van der Waals surface area contributed by atoms with Gasteiger partial charge in [-0.3, -0.25) is 9.98 Å². The Bertz CT molecular complexity index is 916. The van der Waals surface area contributed by atoms with Crippen LogP contribution in [0.5, 0.6) is 0 Å². The highest BCUT2D eigenvalue weighted by Crippen LogP contribution is 2.19. The number of imidazole rings is 1. The highest BCUT2D eigenvalue weighted by atomic mass is 16.1. The van der Waals surface area contributed by atoms with Gasteiger partial charge in [0.1, 0.15) is 17.0 Å². The molecule has 0 radical (unpaired) electrons. The Hall–Kier alpha value is -3.09. The van der Waals surface area contributed by atoms with Crippen molar-refractivity contribution >= 4 is 22.7 Å². The molecular formula is C18H24N6O. The van der Waals surface area contributed by atoms with Crippen LogP contribution in [0.25, 0.3) is 11.0 Å². The monoisotopic (exact) mass is 340 g/mol.